The van der Waals surface area contributed by atoms with Crippen LogP contribution < -0.4 is 0 Å². The van der Waals surface area contributed by atoms with Crippen LogP contribution in [-0.2, 0) is 5.60 Å². The Bertz CT molecular complexity index is 447. The number of hydrogen-bond acceptors (Lipinski definition) is 1. The lowest BCUT2D eigenvalue weighted by molar-refractivity contribution is 0.110. The van der Waals surface area contributed by atoms with Gasteiger partial charge in [-0.3, -0.25) is 0 Å². The molecule has 0 fully saturated rings. The molecule has 1 nitrogen and oxygen atoms in total. The summed E-state index contributed by atoms with van der Waals surface area (Å²) in [4.78, 5) is 0. The maximum Gasteiger partial charge on any atom is 0.0875 e. The van der Waals surface area contributed by atoms with Crippen molar-refractivity contribution in [1.29, 1.82) is 0 Å². The van der Waals surface area contributed by atoms with Crippen LogP contribution in [0.3, 0.4) is 0 Å². The Kier molecular flexibility index (Phi) is 2.05. The van der Waals surface area contributed by atoms with Gasteiger partial charge >= 0.3 is 0 Å². The van der Waals surface area contributed by atoms with Crippen LogP contribution in [0.1, 0.15) is 12.5 Å². The lowest BCUT2D eigenvalue weighted by Crippen LogP contribution is -2.16. The van der Waals surface area contributed by atoms with E-state index in [0.29, 0.717) is 0 Å². The second kappa shape index (κ2) is 3.10. The molecule has 0 bridgehead atoms. The van der Waals surface area contributed by atoms with Crippen LogP contribution >= 0.6 is 0 Å². The molecule has 0 aliphatic heterocycles. The smallest absolute Gasteiger partial charge is 0.0875 e. The minimum absolute atomic E-state index is 0.871. The number of hydrogen-bond donors (Lipinski definition) is 1. The largest absolute Gasteiger partial charge is 0.385 e. The van der Waals surface area contributed by atoms with Gasteiger partial charge in [0.25, 0.3) is 0 Å². The summed E-state index contributed by atoms with van der Waals surface area (Å²) in [6.45, 7) is 5.45. The van der Waals surface area contributed by atoms with Gasteiger partial charge in [0, 0.05) is 0 Å². The molecule has 1 N–H and O–H groups in total. The normalized spacial score (nSPS) is 11.9. The third-order valence-electron chi connectivity index (χ3n) is 2.37. The van der Waals surface area contributed by atoms with Gasteiger partial charge in [-0.05, 0) is 30.2 Å². The second-order valence-electron chi connectivity index (χ2n) is 3.80. The molecular formula is C13H13O. The van der Waals surface area contributed by atoms with Crippen molar-refractivity contribution in [2.45, 2.75) is 12.5 Å². The maximum atomic E-state index is 9.88. The summed E-state index contributed by atoms with van der Waals surface area (Å²) in [6.07, 6.45) is 0. The molecule has 1 atom stereocenters. The SMILES string of the molecule is [CH2]C(C)(O)c1cccc2ccccc12. The van der Waals surface area contributed by atoms with Crippen molar-refractivity contribution in [3.8, 4) is 0 Å². The zero-order valence-electron chi connectivity index (χ0n) is 8.20. The van der Waals surface area contributed by atoms with Crippen LogP contribution in [0.2, 0.25) is 0 Å². The van der Waals surface area contributed by atoms with E-state index in [1.54, 1.807) is 6.92 Å². The first kappa shape index (κ1) is 9.22. The minimum Gasteiger partial charge on any atom is -0.385 e. The Morgan fingerprint density at radius 1 is 1.07 bits per heavy atom. The molecule has 2 rings (SSSR count). The van der Waals surface area contributed by atoms with Crippen molar-refractivity contribution in [2.75, 3.05) is 0 Å². The summed E-state index contributed by atoms with van der Waals surface area (Å²) < 4.78 is 0. The number of benzene rings is 2. The van der Waals surface area contributed by atoms with E-state index >= 15 is 0 Å². The Morgan fingerprint density at radius 2 is 1.71 bits per heavy atom. The fraction of sp³-hybridized carbons (Fsp3) is 0.154. The highest BCUT2D eigenvalue weighted by Crippen LogP contribution is 2.27. The van der Waals surface area contributed by atoms with Crippen molar-refractivity contribution < 1.29 is 5.11 Å². The van der Waals surface area contributed by atoms with E-state index in [1.165, 1.54) is 0 Å². The van der Waals surface area contributed by atoms with Crippen molar-refractivity contribution in [3.05, 3.63) is 55.0 Å². The Balaban J connectivity index is 2.78. The molecule has 0 aromatic heterocycles. The molecule has 0 amide bonds. The lowest BCUT2D eigenvalue weighted by Gasteiger charge is -2.19. The van der Waals surface area contributed by atoms with Crippen LogP contribution in [0.15, 0.2) is 42.5 Å². The first-order valence-electron chi connectivity index (χ1n) is 4.65. The van der Waals surface area contributed by atoms with Crippen LogP contribution in [0.5, 0.6) is 0 Å². The van der Waals surface area contributed by atoms with E-state index in [0.717, 1.165) is 16.3 Å². The molecule has 0 spiro atoms. The van der Waals surface area contributed by atoms with E-state index in [2.05, 4.69) is 6.92 Å². The number of rotatable bonds is 1. The van der Waals surface area contributed by atoms with Gasteiger partial charge in [0.1, 0.15) is 0 Å². The maximum absolute atomic E-state index is 9.88. The van der Waals surface area contributed by atoms with Crippen LogP contribution in [0.25, 0.3) is 10.8 Å². The van der Waals surface area contributed by atoms with Crippen molar-refractivity contribution in [3.63, 3.8) is 0 Å². The molecule has 1 unspecified atom stereocenters. The standard InChI is InChI=1S/C13H13O/c1-13(2,14)12-9-5-7-10-6-3-4-8-11(10)12/h3-9,14H,1H2,2H3. The Morgan fingerprint density at radius 3 is 2.43 bits per heavy atom. The summed E-state index contributed by atoms with van der Waals surface area (Å²) in [7, 11) is 0. The van der Waals surface area contributed by atoms with Gasteiger partial charge in [-0.1, -0.05) is 42.5 Å². The third kappa shape index (κ3) is 1.51. The monoisotopic (exact) mass is 185 g/mol. The number of fused-ring (bicyclic) bond motifs is 1. The van der Waals surface area contributed by atoms with E-state index in [4.69, 9.17) is 0 Å². The Hall–Kier alpha value is -1.34. The highest BCUT2D eigenvalue weighted by molar-refractivity contribution is 5.86. The average Bonchev–Trinajstić information content (AvgIpc) is 2.15. The summed E-state index contributed by atoms with van der Waals surface area (Å²) in [6, 6.07) is 13.9. The summed E-state index contributed by atoms with van der Waals surface area (Å²) >= 11 is 0. The lowest BCUT2D eigenvalue weighted by atomic mass is 9.93. The molecule has 71 valence electrons. The van der Waals surface area contributed by atoms with Crippen molar-refractivity contribution in [2.24, 2.45) is 0 Å². The Labute approximate surface area is 84.0 Å². The zero-order chi connectivity index (χ0) is 10.2. The van der Waals surface area contributed by atoms with Gasteiger partial charge in [-0.2, -0.15) is 0 Å². The summed E-state index contributed by atoms with van der Waals surface area (Å²) in [5.41, 5.74) is -0.156. The molecule has 0 aliphatic rings. The van der Waals surface area contributed by atoms with Crippen molar-refractivity contribution in [1.82, 2.24) is 0 Å². The van der Waals surface area contributed by atoms with E-state index in [1.807, 2.05) is 42.5 Å². The third-order valence-corrected chi connectivity index (χ3v) is 2.37. The topological polar surface area (TPSA) is 20.2 Å². The summed E-state index contributed by atoms with van der Waals surface area (Å²) in [5.74, 6) is 0. The minimum atomic E-state index is -1.03. The molecule has 0 saturated carbocycles. The predicted molar refractivity (Wildman–Crippen MR) is 58.9 cm³/mol. The fourth-order valence-corrected chi connectivity index (χ4v) is 1.70. The first-order chi connectivity index (χ1) is 6.59. The van der Waals surface area contributed by atoms with Gasteiger partial charge in [0.05, 0.1) is 5.60 Å². The van der Waals surface area contributed by atoms with Gasteiger partial charge in [-0.15, -0.1) is 0 Å². The molecule has 0 heterocycles. The van der Waals surface area contributed by atoms with Crippen LogP contribution in [0.4, 0.5) is 0 Å². The van der Waals surface area contributed by atoms with Crippen LogP contribution in [-0.4, -0.2) is 5.11 Å². The molecule has 1 radical (unpaired) electrons. The molecule has 2 aromatic rings. The average molecular weight is 185 g/mol. The molecule has 2 aromatic carbocycles. The van der Waals surface area contributed by atoms with Gasteiger partial charge in [0.2, 0.25) is 0 Å². The molecule has 0 saturated heterocycles. The van der Waals surface area contributed by atoms with Gasteiger partial charge < -0.3 is 5.11 Å². The first-order valence-corrected chi connectivity index (χ1v) is 4.65. The van der Waals surface area contributed by atoms with E-state index in [9.17, 15) is 5.11 Å². The highest BCUT2D eigenvalue weighted by Gasteiger charge is 2.17. The van der Waals surface area contributed by atoms with E-state index in [-0.39, 0.29) is 0 Å². The van der Waals surface area contributed by atoms with Gasteiger partial charge in [0.15, 0.2) is 0 Å². The summed E-state index contributed by atoms with van der Waals surface area (Å²) in [5, 5.41) is 12.1. The van der Waals surface area contributed by atoms with Crippen LogP contribution in [0, 0.1) is 6.92 Å². The molecular weight excluding hydrogens is 172 g/mol. The molecule has 1 heteroatoms. The molecule has 14 heavy (non-hydrogen) atoms. The fourth-order valence-electron chi connectivity index (χ4n) is 1.70. The zero-order valence-corrected chi connectivity index (χ0v) is 8.20. The molecule has 0 aliphatic carbocycles. The van der Waals surface area contributed by atoms with Gasteiger partial charge in [-0.25, -0.2) is 0 Å². The number of aliphatic hydroxyl groups is 1. The van der Waals surface area contributed by atoms with Crippen molar-refractivity contribution >= 4 is 10.8 Å². The highest BCUT2D eigenvalue weighted by atomic mass is 16.3. The quantitative estimate of drug-likeness (QED) is 0.724. The predicted octanol–water partition coefficient (Wildman–Crippen LogP) is 2.88. The second-order valence-corrected chi connectivity index (χ2v) is 3.80. The van der Waals surface area contributed by atoms with E-state index < -0.39 is 5.60 Å².